The molecule has 108 valence electrons. The molecule has 2 aromatic rings. The summed E-state index contributed by atoms with van der Waals surface area (Å²) in [5, 5.41) is 18.9. The molecule has 1 saturated carbocycles. The van der Waals surface area contributed by atoms with Crippen molar-refractivity contribution in [2.24, 2.45) is 0 Å². The summed E-state index contributed by atoms with van der Waals surface area (Å²) >= 11 is 0. The monoisotopic (exact) mass is 284 g/mol. The number of rotatable bonds is 3. The SMILES string of the molecule is O=[N+]([O-])c1ccc(-n2nc(C3CCC3)c3c2NCC3)cc1. The number of nitro benzene ring substituents is 1. The average Bonchev–Trinajstić information content (AvgIpc) is 3.01. The summed E-state index contributed by atoms with van der Waals surface area (Å²) < 4.78 is 1.90. The Balaban J connectivity index is 1.76. The molecule has 1 fully saturated rings. The van der Waals surface area contributed by atoms with Gasteiger partial charge in [-0.3, -0.25) is 10.1 Å². The third-order valence-electron chi connectivity index (χ3n) is 4.48. The number of nitro groups is 1. The first-order valence-corrected chi connectivity index (χ1v) is 7.34. The molecule has 6 heteroatoms. The van der Waals surface area contributed by atoms with Crippen LogP contribution in [0.1, 0.15) is 36.4 Å². The second-order valence-electron chi connectivity index (χ2n) is 5.70. The summed E-state index contributed by atoms with van der Waals surface area (Å²) in [6.45, 7) is 0.944. The predicted octanol–water partition coefficient (Wildman–Crippen LogP) is 3.02. The summed E-state index contributed by atoms with van der Waals surface area (Å²) in [7, 11) is 0. The van der Waals surface area contributed by atoms with E-state index in [-0.39, 0.29) is 10.6 Å². The molecular weight excluding hydrogens is 268 g/mol. The van der Waals surface area contributed by atoms with Crippen LogP contribution in [0.2, 0.25) is 0 Å². The molecule has 21 heavy (non-hydrogen) atoms. The van der Waals surface area contributed by atoms with Crippen molar-refractivity contribution >= 4 is 11.5 Å². The second kappa shape index (κ2) is 4.58. The molecule has 1 aromatic carbocycles. The van der Waals surface area contributed by atoms with Gasteiger partial charge in [0.1, 0.15) is 5.82 Å². The zero-order valence-corrected chi connectivity index (χ0v) is 11.6. The Kier molecular flexibility index (Phi) is 2.70. The largest absolute Gasteiger partial charge is 0.369 e. The average molecular weight is 284 g/mol. The van der Waals surface area contributed by atoms with E-state index in [0.717, 1.165) is 24.5 Å². The van der Waals surface area contributed by atoms with Crippen LogP contribution in [0.3, 0.4) is 0 Å². The molecule has 2 aliphatic rings. The number of anilines is 1. The molecule has 4 rings (SSSR count). The number of aromatic nitrogens is 2. The van der Waals surface area contributed by atoms with E-state index < -0.39 is 0 Å². The number of nitrogens with zero attached hydrogens (tertiary/aromatic N) is 3. The first kappa shape index (κ1) is 12.4. The molecule has 0 saturated heterocycles. The van der Waals surface area contributed by atoms with Gasteiger partial charge in [0.25, 0.3) is 5.69 Å². The molecular formula is C15H16N4O2. The maximum atomic E-state index is 10.7. The van der Waals surface area contributed by atoms with E-state index in [1.807, 2.05) is 4.68 Å². The van der Waals surface area contributed by atoms with Gasteiger partial charge in [-0.05, 0) is 31.4 Å². The Morgan fingerprint density at radius 1 is 1.29 bits per heavy atom. The summed E-state index contributed by atoms with van der Waals surface area (Å²) in [4.78, 5) is 10.4. The fourth-order valence-electron chi connectivity index (χ4n) is 3.11. The van der Waals surface area contributed by atoms with Gasteiger partial charge in [0.05, 0.1) is 16.3 Å². The highest BCUT2D eigenvalue weighted by molar-refractivity contribution is 5.58. The number of benzene rings is 1. The number of nitrogens with one attached hydrogen (secondary N) is 1. The lowest BCUT2D eigenvalue weighted by molar-refractivity contribution is -0.384. The Labute approximate surface area is 121 Å². The highest BCUT2D eigenvalue weighted by Crippen LogP contribution is 2.41. The van der Waals surface area contributed by atoms with E-state index in [1.165, 1.54) is 42.7 Å². The minimum atomic E-state index is -0.380. The quantitative estimate of drug-likeness (QED) is 0.694. The van der Waals surface area contributed by atoms with Crippen molar-refractivity contribution in [3.8, 4) is 5.69 Å². The highest BCUT2D eigenvalue weighted by Gasteiger charge is 2.30. The molecule has 0 amide bonds. The number of hydrogen-bond acceptors (Lipinski definition) is 4. The van der Waals surface area contributed by atoms with Crippen LogP contribution in [0.4, 0.5) is 11.5 Å². The molecule has 0 bridgehead atoms. The molecule has 0 atom stereocenters. The van der Waals surface area contributed by atoms with Crippen LogP contribution in [-0.2, 0) is 6.42 Å². The van der Waals surface area contributed by atoms with Crippen molar-refractivity contribution in [3.63, 3.8) is 0 Å². The van der Waals surface area contributed by atoms with Crippen molar-refractivity contribution < 1.29 is 4.92 Å². The molecule has 0 radical (unpaired) electrons. The summed E-state index contributed by atoms with van der Waals surface area (Å²) in [6.07, 6.45) is 4.76. The first-order valence-electron chi connectivity index (χ1n) is 7.34. The highest BCUT2D eigenvalue weighted by atomic mass is 16.6. The Bertz CT molecular complexity index is 701. The van der Waals surface area contributed by atoms with Crippen LogP contribution >= 0.6 is 0 Å². The van der Waals surface area contributed by atoms with Crippen molar-refractivity contribution in [1.29, 1.82) is 0 Å². The maximum absolute atomic E-state index is 10.7. The molecule has 1 N–H and O–H groups in total. The normalized spacial score (nSPS) is 17.1. The Morgan fingerprint density at radius 3 is 2.67 bits per heavy atom. The van der Waals surface area contributed by atoms with Gasteiger partial charge < -0.3 is 5.32 Å². The second-order valence-corrected chi connectivity index (χ2v) is 5.70. The van der Waals surface area contributed by atoms with Crippen molar-refractivity contribution in [1.82, 2.24) is 9.78 Å². The molecule has 0 spiro atoms. The Hall–Kier alpha value is -2.37. The van der Waals surface area contributed by atoms with Crippen LogP contribution in [0.15, 0.2) is 24.3 Å². The summed E-state index contributed by atoms with van der Waals surface area (Å²) in [5.74, 6) is 1.66. The fourth-order valence-corrected chi connectivity index (χ4v) is 3.11. The van der Waals surface area contributed by atoms with E-state index in [4.69, 9.17) is 5.10 Å². The zero-order chi connectivity index (χ0) is 14.4. The lowest BCUT2D eigenvalue weighted by Crippen LogP contribution is -2.12. The third-order valence-corrected chi connectivity index (χ3v) is 4.48. The molecule has 0 unspecified atom stereocenters. The zero-order valence-electron chi connectivity index (χ0n) is 11.6. The topological polar surface area (TPSA) is 73.0 Å². The van der Waals surface area contributed by atoms with Gasteiger partial charge >= 0.3 is 0 Å². The van der Waals surface area contributed by atoms with Crippen molar-refractivity contribution in [3.05, 3.63) is 45.6 Å². The standard InChI is InChI=1S/C15H16N4O2/c20-19(21)12-6-4-11(5-7-12)18-15-13(8-9-16-15)14(17-18)10-2-1-3-10/h4-7,10,16H,1-3,8-9H2. The number of fused-ring (bicyclic) bond motifs is 1. The minimum absolute atomic E-state index is 0.106. The van der Waals surface area contributed by atoms with Gasteiger partial charge in [0.2, 0.25) is 0 Å². The van der Waals surface area contributed by atoms with E-state index in [0.29, 0.717) is 5.92 Å². The van der Waals surface area contributed by atoms with Gasteiger partial charge in [-0.1, -0.05) is 6.42 Å². The smallest absolute Gasteiger partial charge is 0.269 e. The van der Waals surface area contributed by atoms with Crippen LogP contribution in [-0.4, -0.2) is 21.2 Å². The lowest BCUT2D eigenvalue weighted by Gasteiger charge is -2.24. The Morgan fingerprint density at radius 2 is 2.05 bits per heavy atom. The van der Waals surface area contributed by atoms with Gasteiger partial charge in [-0.15, -0.1) is 0 Å². The van der Waals surface area contributed by atoms with Gasteiger partial charge in [-0.25, -0.2) is 4.68 Å². The van der Waals surface area contributed by atoms with Crippen LogP contribution in [0, 0.1) is 10.1 Å². The van der Waals surface area contributed by atoms with Crippen molar-refractivity contribution in [2.75, 3.05) is 11.9 Å². The predicted molar refractivity (Wildman–Crippen MR) is 79.0 cm³/mol. The maximum Gasteiger partial charge on any atom is 0.269 e. The van der Waals surface area contributed by atoms with Gasteiger partial charge in [0.15, 0.2) is 0 Å². The van der Waals surface area contributed by atoms with E-state index in [2.05, 4.69) is 5.32 Å². The fraction of sp³-hybridized carbons (Fsp3) is 0.400. The molecule has 6 nitrogen and oxygen atoms in total. The van der Waals surface area contributed by atoms with E-state index in [1.54, 1.807) is 12.1 Å². The van der Waals surface area contributed by atoms with E-state index >= 15 is 0 Å². The minimum Gasteiger partial charge on any atom is -0.369 e. The first-order chi connectivity index (χ1) is 10.2. The van der Waals surface area contributed by atoms with Crippen LogP contribution in [0.25, 0.3) is 5.69 Å². The molecule has 1 aromatic heterocycles. The summed E-state index contributed by atoms with van der Waals surface area (Å²) in [6, 6.07) is 6.58. The van der Waals surface area contributed by atoms with Crippen molar-refractivity contribution in [2.45, 2.75) is 31.6 Å². The van der Waals surface area contributed by atoms with E-state index in [9.17, 15) is 10.1 Å². The molecule has 2 heterocycles. The number of hydrogen-bond donors (Lipinski definition) is 1. The molecule has 1 aliphatic heterocycles. The third kappa shape index (κ3) is 1.90. The van der Waals surface area contributed by atoms with Crippen LogP contribution in [0.5, 0.6) is 0 Å². The molecule has 1 aliphatic carbocycles. The summed E-state index contributed by atoms with van der Waals surface area (Å²) in [5.41, 5.74) is 3.53. The van der Waals surface area contributed by atoms with Gasteiger partial charge in [-0.2, -0.15) is 5.10 Å². The number of non-ortho nitro benzene ring substituents is 1. The van der Waals surface area contributed by atoms with Gasteiger partial charge in [0, 0.05) is 30.2 Å². The lowest BCUT2D eigenvalue weighted by atomic mass is 9.81. The van der Waals surface area contributed by atoms with Crippen LogP contribution < -0.4 is 5.32 Å².